The molecule has 0 aliphatic carbocycles. The lowest BCUT2D eigenvalue weighted by Gasteiger charge is -2.12. The Kier molecular flexibility index (Phi) is 7.69. The van der Waals surface area contributed by atoms with Crippen molar-refractivity contribution in [2.24, 2.45) is 5.73 Å². The number of amides is 1. The van der Waals surface area contributed by atoms with E-state index >= 15 is 0 Å². The molecule has 1 amide bonds. The summed E-state index contributed by atoms with van der Waals surface area (Å²) in [6, 6.07) is 6.76. The zero-order valence-corrected chi connectivity index (χ0v) is 12.2. The molecule has 0 bridgehead atoms. The summed E-state index contributed by atoms with van der Waals surface area (Å²) in [6.45, 7) is 3.13. The van der Waals surface area contributed by atoms with Crippen LogP contribution in [-0.4, -0.2) is 32.3 Å². The van der Waals surface area contributed by atoms with Gasteiger partial charge < -0.3 is 20.5 Å². The van der Waals surface area contributed by atoms with Gasteiger partial charge in [-0.25, -0.2) is 0 Å². The van der Waals surface area contributed by atoms with Crippen LogP contribution in [0.1, 0.15) is 26.2 Å². The van der Waals surface area contributed by atoms with Gasteiger partial charge in [-0.15, -0.1) is 0 Å². The van der Waals surface area contributed by atoms with E-state index in [9.17, 15) is 4.79 Å². The lowest BCUT2D eigenvalue weighted by atomic mass is 10.1. The van der Waals surface area contributed by atoms with Gasteiger partial charge >= 0.3 is 0 Å². The number of methoxy groups -OCH3 is 1. The van der Waals surface area contributed by atoms with Crippen molar-refractivity contribution in [3.8, 4) is 5.75 Å². The fourth-order valence-electron chi connectivity index (χ4n) is 1.67. The van der Waals surface area contributed by atoms with Gasteiger partial charge in [0.2, 0.25) is 5.91 Å². The largest absolute Gasteiger partial charge is 0.491 e. The summed E-state index contributed by atoms with van der Waals surface area (Å²) >= 11 is 0. The molecule has 1 unspecified atom stereocenters. The topological polar surface area (TPSA) is 73.6 Å². The number of hydrogen-bond acceptors (Lipinski definition) is 4. The van der Waals surface area contributed by atoms with E-state index in [0.29, 0.717) is 19.6 Å². The molecule has 0 aromatic heterocycles. The van der Waals surface area contributed by atoms with Crippen molar-refractivity contribution in [3.05, 3.63) is 24.3 Å². The van der Waals surface area contributed by atoms with E-state index in [2.05, 4.69) is 12.2 Å². The molecule has 1 aromatic rings. The Morgan fingerprint density at radius 2 is 2.00 bits per heavy atom. The van der Waals surface area contributed by atoms with Crippen molar-refractivity contribution < 1.29 is 14.3 Å². The Morgan fingerprint density at radius 1 is 1.30 bits per heavy atom. The summed E-state index contributed by atoms with van der Waals surface area (Å²) in [5.74, 6) is 0.599. The second-order valence-electron chi connectivity index (χ2n) is 4.60. The van der Waals surface area contributed by atoms with E-state index < -0.39 is 6.04 Å². The number of anilines is 1. The average molecular weight is 280 g/mol. The molecule has 3 N–H and O–H groups in total. The number of benzene rings is 1. The molecule has 5 nitrogen and oxygen atoms in total. The fourth-order valence-corrected chi connectivity index (χ4v) is 1.67. The van der Waals surface area contributed by atoms with Crippen LogP contribution in [0.15, 0.2) is 24.3 Å². The van der Waals surface area contributed by atoms with Crippen molar-refractivity contribution in [2.75, 3.05) is 25.6 Å². The van der Waals surface area contributed by atoms with Crippen LogP contribution in [0.5, 0.6) is 5.75 Å². The molecule has 0 spiro atoms. The minimum Gasteiger partial charge on any atom is -0.491 e. The quantitative estimate of drug-likeness (QED) is 0.680. The van der Waals surface area contributed by atoms with E-state index in [-0.39, 0.29) is 5.91 Å². The van der Waals surface area contributed by atoms with Crippen molar-refractivity contribution in [1.82, 2.24) is 0 Å². The van der Waals surface area contributed by atoms with Crippen LogP contribution in [-0.2, 0) is 9.53 Å². The first-order chi connectivity index (χ1) is 9.67. The summed E-state index contributed by atoms with van der Waals surface area (Å²) in [7, 11) is 1.63. The van der Waals surface area contributed by atoms with Gasteiger partial charge in [-0.1, -0.05) is 19.8 Å². The molecule has 20 heavy (non-hydrogen) atoms. The molecule has 1 atom stereocenters. The molecule has 0 radical (unpaired) electrons. The Balaban J connectivity index is 2.42. The van der Waals surface area contributed by atoms with Gasteiger partial charge in [-0.3, -0.25) is 4.79 Å². The minimum atomic E-state index is -0.451. The lowest BCUT2D eigenvalue weighted by molar-refractivity contribution is -0.117. The molecule has 112 valence electrons. The summed E-state index contributed by atoms with van der Waals surface area (Å²) in [5.41, 5.74) is 6.53. The number of nitrogens with two attached hydrogens (primary N) is 1. The predicted octanol–water partition coefficient (Wildman–Crippen LogP) is 2.17. The van der Waals surface area contributed by atoms with Crippen LogP contribution >= 0.6 is 0 Å². The van der Waals surface area contributed by atoms with Gasteiger partial charge in [-0.2, -0.15) is 0 Å². The van der Waals surface area contributed by atoms with Crippen LogP contribution in [0.2, 0.25) is 0 Å². The van der Waals surface area contributed by atoms with E-state index in [1.54, 1.807) is 19.2 Å². The highest BCUT2D eigenvalue weighted by Crippen LogP contribution is 2.16. The Bertz CT molecular complexity index is 393. The van der Waals surface area contributed by atoms with Gasteiger partial charge in [0.15, 0.2) is 0 Å². The molecule has 0 fully saturated rings. The van der Waals surface area contributed by atoms with Crippen LogP contribution in [0.3, 0.4) is 0 Å². The monoisotopic (exact) mass is 280 g/mol. The number of carbonyl (C=O) groups excluding carboxylic acids is 1. The molecule has 1 rings (SSSR count). The minimum absolute atomic E-state index is 0.147. The smallest absolute Gasteiger partial charge is 0.241 e. The number of unbranched alkanes of at least 4 members (excludes halogenated alkanes) is 1. The Hall–Kier alpha value is -1.59. The Labute approximate surface area is 120 Å². The van der Waals surface area contributed by atoms with Gasteiger partial charge in [0.1, 0.15) is 12.4 Å². The second kappa shape index (κ2) is 9.34. The van der Waals surface area contributed by atoms with Crippen LogP contribution in [0.4, 0.5) is 5.69 Å². The number of rotatable bonds is 9. The number of hydrogen-bond donors (Lipinski definition) is 2. The second-order valence-corrected chi connectivity index (χ2v) is 4.60. The van der Waals surface area contributed by atoms with E-state index in [1.807, 2.05) is 12.1 Å². The van der Waals surface area contributed by atoms with Gasteiger partial charge in [0.25, 0.3) is 0 Å². The normalized spacial score (nSPS) is 11.9. The zero-order valence-electron chi connectivity index (χ0n) is 12.2. The number of ether oxygens (including phenoxy) is 2. The highest BCUT2D eigenvalue weighted by molar-refractivity contribution is 5.94. The maximum atomic E-state index is 11.8. The molecule has 0 heterocycles. The first kappa shape index (κ1) is 16.5. The third kappa shape index (κ3) is 6.04. The highest BCUT2D eigenvalue weighted by Gasteiger charge is 2.12. The van der Waals surface area contributed by atoms with Crippen LogP contribution in [0, 0.1) is 0 Å². The third-order valence-electron chi connectivity index (χ3n) is 2.88. The number of carbonyl (C=O) groups is 1. The summed E-state index contributed by atoms with van der Waals surface area (Å²) in [4.78, 5) is 11.8. The van der Waals surface area contributed by atoms with E-state index in [4.69, 9.17) is 15.2 Å². The maximum Gasteiger partial charge on any atom is 0.241 e. The summed E-state index contributed by atoms with van der Waals surface area (Å²) in [6.07, 6.45) is 2.70. The standard InChI is InChI=1S/C15H24N2O3/c1-3-4-5-14(16)15(18)17-12-6-8-13(9-7-12)20-11-10-19-2/h6-9,14H,3-5,10-11,16H2,1-2H3,(H,17,18). The van der Waals surface area contributed by atoms with Crippen molar-refractivity contribution in [1.29, 1.82) is 0 Å². The molecule has 5 heteroatoms. The van der Waals surface area contributed by atoms with Crippen molar-refractivity contribution in [3.63, 3.8) is 0 Å². The molecule has 1 aromatic carbocycles. The first-order valence-corrected chi connectivity index (χ1v) is 6.95. The maximum absolute atomic E-state index is 11.8. The van der Waals surface area contributed by atoms with Gasteiger partial charge in [0, 0.05) is 12.8 Å². The average Bonchev–Trinajstić information content (AvgIpc) is 2.46. The molecule has 0 saturated heterocycles. The van der Waals surface area contributed by atoms with Crippen molar-refractivity contribution in [2.45, 2.75) is 32.2 Å². The fraction of sp³-hybridized carbons (Fsp3) is 0.533. The van der Waals surface area contributed by atoms with Crippen LogP contribution < -0.4 is 15.8 Å². The van der Waals surface area contributed by atoms with E-state index in [0.717, 1.165) is 24.3 Å². The first-order valence-electron chi connectivity index (χ1n) is 6.95. The molecular formula is C15H24N2O3. The molecule has 0 aliphatic heterocycles. The predicted molar refractivity (Wildman–Crippen MR) is 79.9 cm³/mol. The van der Waals surface area contributed by atoms with E-state index in [1.165, 1.54) is 0 Å². The molecular weight excluding hydrogens is 256 g/mol. The summed E-state index contributed by atoms with van der Waals surface area (Å²) in [5, 5.41) is 2.80. The van der Waals surface area contributed by atoms with Gasteiger partial charge in [0.05, 0.1) is 12.6 Å². The molecule has 0 saturated carbocycles. The van der Waals surface area contributed by atoms with Gasteiger partial charge in [-0.05, 0) is 30.7 Å². The molecule has 0 aliphatic rings. The number of nitrogens with one attached hydrogen (secondary N) is 1. The SMILES string of the molecule is CCCCC(N)C(=O)Nc1ccc(OCCOC)cc1. The van der Waals surface area contributed by atoms with Crippen LogP contribution in [0.25, 0.3) is 0 Å². The zero-order chi connectivity index (χ0) is 14.8. The summed E-state index contributed by atoms with van der Waals surface area (Å²) < 4.78 is 10.3. The Morgan fingerprint density at radius 3 is 2.60 bits per heavy atom. The van der Waals surface area contributed by atoms with Crippen molar-refractivity contribution >= 4 is 11.6 Å². The highest BCUT2D eigenvalue weighted by atomic mass is 16.5. The lowest BCUT2D eigenvalue weighted by Crippen LogP contribution is -2.35. The third-order valence-corrected chi connectivity index (χ3v) is 2.88.